The Labute approximate surface area is 113 Å². The summed E-state index contributed by atoms with van der Waals surface area (Å²) in [5, 5.41) is 0.00768. The van der Waals surface area contributed by atoms with Gasteiger partial charge in [0, 0.05) is 5.56 Å². The first-order chi connectivity index (χ1) is 9.04. The molecule has 0 aliphatic heterocycles. The van der Waals surface area contributed by atoms with E-state index in [0.29, 0.717) is 0 Å². The molecule has 2 aromatic rings. The lowest BCUT2D eigenvalue weighted by Crippen LogP contribution is -2.06. The maximum atomic E-state index is 13.6. The zero-order valence-corrected chi connectivity index (χ0v) is 10.7. The van der Waals surface area contributed by atoms with Crippen molar-refractivity contribution >= 4 is 17.4 Å². The van der Waals surface area contributed by atoms with Crippen LogP contribution in [0, 0.1) is 11.6 Å². The third-order valence-electron chi connectivity index (χ3n) is 2.60. The van der Waals surface area contributed by atoms with Gasteiger partial charge in [0.25, 0.3) is 0 Å². The lowest BCUT2D eigenvalue weighted by Gasteiger charge is -2.07. The summed E-state index contributed by atoms with van der Waals surface area (Å²) in [5.74, 6) is -2.03. The highest BCUT2D eigenvalue weighted by Crippen LogP contribution is 2.25. The number of hydrogen-bond acceptors (Lipinski definition) is 2. The fourth-order valence-corrected chi connectivity index (χ4v) is 1.91. The van der Waals surface area contributed by atoms with Crippen LogP contribution in [0.25, 0.3) is 0 Å². The first-order valence-electron chi connectivity index (χ1n) is 5.37. The van der Waals surface area contributed by atoms with Crippen LogP contribution in [0.4, 0.5) is 8.78 Å². The number of ether oxygens (including phenoxy) is 1. The van der Waals surface area contributed by atoms with Gasteiger partial charge in [0.15, 0.2) is 17.3 Å². The minimum absolute atomic E-state index is 0.00768. The summed E-state index contributed by atoms with van der Waals surface area (Å²) >= 11 is 5.81. The topological polar surface area (TPSA) is 26.3 Å². The molecule has 2 rings (SSSR count). The molecule has 0 N–H and O–H groups in total. The van der Waals surface area contributed by atoms with Crippen molar-refractivity contribution < 1.29 is 18.3 Å². The van der Waals surface area contributed by atoms with E-state index in [1.165, 1.54) is 31.4 Å². The molecular formula is C14H9ClF2O2. The third kappa shape index (κ3) is 2.58. The maximum absolute atomic E-state index is 13.6. The Morgan fingerprint density at radius 3 is 2.53 bits per heavy atom. The second-order valence-electron chi connectivity index (χ2n) is 3.78. The molecule has 0 radical (unpaired) electrons. The van der Waals surface area contributed by atoms with Crippen LogP contribution in [0.1, 0.15) is 15.9 Å². The molecule has 0 saturated carbocycles. The van der Waals surface area contributed by atoms with Crippen molar-refractivity contribution in [2.75, 3.05) is 7.11 Å². The van der Waals surface area contributed by atoms with Crippen LogP contribution in [-0.4, -0.2) is 12.9 Å². The van der Waals surface area contributed by atoms with Crippen LogP contribution in [0.5, 0.6) is 5.75 Å². The molecule has 0 bridgehead atoms. The largest absolute Gasteiger partial charge is 0.494 e. The lowest BCUT2D eigenvalue weighted by molar-refractivity contribution is 0.103. The van der Waals surface area contributed by atoms with Crippen LogP contribution in [0.2, 0.25) is 5.02 Å². The van der Waals surface area contributed by atoms with Crippen LogP contribution >= 0.6 is 11.6 Å². The Morgan fingerprint density at radius 2 is 1.89 bits per heavy atom. The number of halogens is 3. The van der Waals surface area contributed by atoms with Crippen molar-refractivity contribution in [2.24, 2.45) is 0 Å². The van der Waals surface area contributed by atoms with Crippen molar-refractivity contribution in [2.45, 2.75) is 0 Å². The minimum Gasteiger partial charge on any atom is -0.494 e. The molecule has 0 aromatic heterocycles. The van der Waals surface area contributed by atoms with Gasteiger partial charge in [-0.2, -0.15) is 0 Å². The fourth-order valence-electron chi connectivity index (χ4n) is 1.66. The maximum Gasteiger partial charge on any atom is 0.197 e. The van der Waals surface area contributed by atoms with Crippen molar-refractivity contribution in [3.05, 3.63) is 64.2 Å². The van der Waals surface area contributed by atoms with Crippen LogP contribution < -0.4 is 4.74 Å². The van der Waals surface area contributed by atoms with Gasteiger partial charge in [-0.05, 0) is 30.3 Å². The van der Waals surface area contributed by atoms with Crippen molar-refractivity contribution in [1.29, 1.82) is 0 Å². The lowest BCUT2D eigenvalue weighted by atomic mass is 10.0. The molecule has 2 nitrogen and oxygen atoms in total. The first kappa shape index (κ1) is 13.5. The Hall–Kier alpha value is -1.94. The van der Waals surface area contributed by atoms with E-state index in [9.17, 15) is 13.6 Å². The monoisotopic (exact) mass is 282 g/mol. The first-order valence-corrected chi connectivity index (χ1v) is 5.74. The summed E-state index contributed by atoms with van der Waals surface area (Å²) in [6, 6.07) is 7.50. The summed E-state index contributed by atoms with van der Waals surface area (Å²) in [4.78, 5) is 12.2. The molecule has 0 aliphatic rings. The average molecular weight is 283 g/mol. The van der Waals surface area contributed by atoms with Gasteiger partial charge < -0.3 is 4.74 Å². The third-order valence-corrected chi connectivity index (χ3v) is 2.92. The SMILES string of the molecule is COc1cc(C(=O)c2c(F)cccc2Cl)ccc1F. The zero-order chi connectivity index (χ0) is 14.0. The highest BCUT2D eigenvalue weighted by molar-refractivity contribution is 6.35. The number of hydrogen-bond donors (Lipinski definition) is 0. The number of carbonyl (C=O) groups is 1. The van der Waals surface area contributed by atoms with Gasteiger partial charge in [-0.3, -0.25) is 4.79 Å². The van der Waals surface area contributed by atoms with E-state index in [1.54, 1.807) is 0 Å². The Bertz CT molecular complexity index is 621. The molecule has 0 amide bonds. The van der Waals surface area contributed by atoms with E-state index < -0.39 is 17.4 Å². The molecule has 0 heterocycles. The predicted octanol–water partition coefficient (Wildman–Crippen LogP) is 3.86. The van der Waals surface area contributed by atoms with Crippen LogP contribution in [0.15, 0.2) is 36.4 Å². The summed E-state index contributed by atoms with van der Waals surface area (Å²) in [6.45, 7) is 0. The number of benzene rings is 2. The van der Waals surface area contributed by atoms with Crippen molar-refractivity contribution in [3.8, 4) is 5.75 Å². The Balaban J connectivity index is 2.50. The summed E-state index contributed by atoms with van der Waals surface area (Å²) in [6.07, 6.45) is 0. The molecule has 5 heteroatoms. The minimum atomic E-state index is -0.721. The standard InChI is InChI=1S/C14H9ClF2O2/c1-19-12-7-8(5-6-10(12)16)14(18)13-9(15)3-2-4-11(13)17/h2-7H,1H3. The summed E-state index contributed by atoms with van der Waals surface area (Å²) < 4.78 is 31.7. The number of carbonyl (C=O) groups excluding carboxylic acids is 1. The number of ketones is 1. The highest BCUT2D eigenvalue weighted by Gasteiger charge is 2.18. The van der Waals surface area contributed by atoms with E-state index >= 15 is 0 Å². The Morgan fingerprint density at radius 1 is 1.16 bits per heavy atom. The van der Waals surface area contributed by atoms with E-state index in [-0.39, 0.29) is 21.9 Å². The molecule has 0 atom stereocenters. The molecule has 0 spiro atoms. The fraction of sp³-hybridized carbons (Fsp3) is 0.0714. The van der Waals surface area contributed by atoms with Gasteiger partial charge in [0.1, 0.15) is 5.82 Å². The number of rotatable bonds is 3. The quantitative estimate of drug-likeness (QED) is 0.799. The van der Waals surface area contributed by atoms with E-state index in [1.807, 2.05) is 0 Å². The second-order valence-corrected chi connectivity index (χ2v) is 4.18. The van der Waals surface area contributed by atoms with E-state index in [2.05, 4.69) is 0 Å². The van der Waals surface area contributed by atoms with Gasteiger partial charge in [-0.25, -0.2) is 8.78 Å². The molecule has 2 aromatic carbocycles. The van der Waals surface area contributed by atoms with Crippen molar-refractivity contribution in [3.63, 3.8) is 0 Å². The van der Waals surface area contributed by atoms with Gasteiger partial charge in [0.2, 0.25) is 0 Å². The van der Waals surface area contributed by atoms with Gasteiger partial charge in [-0.1, -0.05) is 17.7 Å². The molecule has 0 unspecified atom stereocenters. The second kappa shape index (κ2) is 5.36. The van der Waals surface area contributed by atoms with Crippen LogP contribution in [-0.2, 0) is 0 Å². The molecular weight excluding hydrogens is 274 g/mol. The average Bonchev–Trinajstić information content (AvgIpc) is 2.39. The zero-order valence-electron chi connectivity index (χ0n) is 9.91. The van der Waals surface area contributed by atoms with E-state index in [4.69, 9.17) is 16.3 Å². The Kier molecular flexibility index (Phi) is 3.81. The smallest absolute Gasteiger partial charge is 0.197 e. The normalized spacial score (nSPS) is 10.3. The van der Waals surface area contributed by atoms with Gasteiger partial charge in [0.05, 0.1) is 17.7 Å². The van der Waals surface area contributed by atoms with E-state index in [0.717, 1.165) is 12.1 Å². The predicted molar refractivity (Wildman–Crippen MR) is 67.8 cm³/mol. The van der Waals surface area contributed by atoms with Gasteiger partial charge >= 0.3 is 0 Å². The summed E-state index contributed by atoms with van der Waals surface area (Å²) in [7, 11) is 1.28. The number of methoxy groups -OCH3 is 1. The van der Waals surface area contributed by atoms with Crippen LogP contribution in [0.3, 0.4) is 0 Å². The van der Waals surface area contributed by atoms with Gasteiger partial charge in [-0.15, -0.1) is 0 Å². The molecule has 98 valence electrons. The molecule has 19 heavy (non-hydrogen) atoms. The highest BCUT2D eigenvalue weighted by atomic mass is 35.5. The summed E-state index contributed by atoms with van der Waals surface area (Å²) in [5.41, 5.74) is -0.136. The molecule has 0 aliphatic carbocycles. The molecule has 0 saturated heterocycles. The molecule has 0 fully saturated rings. The van der Waals surface area contributed by atoms with Crippen molar-refractivity contribution in [1.82, 2.24) is 0 Å².